The number of nitrogens with one attached hydrogen (secondary N) is 1. The number of piperazine rings is 1. The summed E-state index contributed by atoms with van der Waals surface area (Å²) in [6.45, 7) is 5.04. The van der Waals surface area contributed by atoms with Gasteiger partial charge in [-0.15, -0.1) is 0 Å². The second-order valence-electron chi connectivity index (χ2n) is 4.95. The van der Waals surface area contributed by atoms with E-state index in [0.29, 0.717) is 0 Å². The van der Waals surface area contributed by atoms with E-state index >= 15 is 0 Å². The van der Waals surface area contributed by atoms with Crippen LogP contribution in [-0.4, -0.2) is 37.1 Å². The first kappa shape index (κ1) is 8.25. The highest BCUT2D eigenvalue weighted by Gasteiger charge is 2.44. The Hall–Kier alpha value is -0.0800. The van der Waals surface area contributed by atoms with Gasteiger partial charge in [0.05, 0.1) is 0 Å². The maximum Gasteiger partial charge on any atom is 0.0153 e. The molecule has 3 rings (SSSR count). The van der Waals surface area contributed by atoms with Crippen LogP contribution in [0.1, 0.15) is 25.7 Å². The predicted molar refractivity (Wildman–Crippen MR) is 53.7 cm³/mol. The van der Waals surface area contributed by atoms with E-state index in [9.17, 15) is 0 Å². The molecule has 0 aromatic heterocycles. The predicted octanol–water partition coefficient (Wildman–Crippen LogP) is 1.08. The molecule has 1 saturated heterocycles. The lowest BCUT2D eigenvalue weighted by atomic mass is 10.0. The fraction of sp³-hybridized carbons (Fsp3) is 1.00. The second-order valence-corrected chi connectivity index (χ2v) is 4.95. The molecule has 1 aliphatic heterocycles. The molecule has 0 atom stereocenters. The van der Waals surface area contributed by atoms with Gasteiger partial charge in [-0.25, -0.2) is 0 Å². The lowest BCUT2D eigenvalue weighted by molar-refractivity contribution is 0.138. The zero-order chi connectivity index (χ0) is 8.67. The van der Waals surface area contributed by atoms with Gasteiger partial charge in [0.1, 0.15) is 0 Å². The smallest absolute Gasteiger partial charge is 0.0153 e. The van der Waals surface area contributed by atoms with Crippen molar-refractivity contribution in [1.29, 1.82) is 0 Å². The maximum atomic E-state index is 3.45. The molecular formula is C11H20N2. The van der Waals surface area contributed by atoms with E-state index in [4.69, 9.17) is 0 Å². The Kier molecular flexibility index (Phi) is 2.06. The third kappa shape index (κ3) is 1.75. The van der Waals surface area contributed by atoms with Gasteiger partial charge in [-0.3, -0.25) is 4.90 Å². The Morgan fingerprint density at radius 2 is 1.46 bits per heavy atom. The van der Waals surface area contributed by atoms with Crippen molar-refractivity contribution in [1.82, 2.24) is 10.2 Å². The molecule has 0 aromatic carbocycles. The first-order chi connectivity index (χ1) is 6.45. The summed E-state index contributed by atoms with van der Waals surface area (Å²) >= 11 is 0. The lowest BCUT2D eigenvalue weighted by Crippen LogP contribution is -2.50. The molecule has 0 radical (unpaired) electrons. The zero-order valence-electron chi connectivity index (χ0n) is 8.34. The van der Waals surface area contributed by atoms with Crippen LogP contribution in [0, 0.1) is 11.8 Å². The van der Waals surface area contributed by atoms with Crippen LogP contribution in [-0.2, 0) is 0 Å². The van der Waals surface area contributed by atoms with Gasteiger partial charge in [-0.05, 0) is 37.5 Å². The van der Waals surface area contributed by atoms with Crippen LogP contribution in [0.5, 0.6) is 0 Å². The normalized spacial score (nSPS) is 31.2. The average Bonchev–Trinajstić information content (AvgIpc) is 3.00. The van der Waals surface area contributed by atoms with Gasteiger partial charge in [0, 0.05) is 32.2 Å². The first-order valence-electron chi connectivity index (χ1n) is 5.90. The number of nitrogens with zero attached hydrogens (tertiary/aromatic N) is 1. The molecule has 0 spiro atoms. The highest BCUT2D eigenvalue weighted by molar-refractivity contribution is 4.98. The minimum Gasteiger partial charge on any atom is -0.314 e. The topological polar surface area (TPSA) is 15.3 Å². The molecule has 3 aliphatic rings. The monoisotopic (exact) mass is 180 g/mol. The van der Waals surface area contributed by atoms with E-state index in [1.807, 2.05) is 0 Å². The molecule has 0 aromatic rings. The summed E-state index contributed by atoms with van der Waals surface area (Å²) in [5, 5.41) is 3.45. The third-order valence-corrected chi connectivity index (χ3v) is 3.78. The maximum absolute atomic E-state index is 3.45. The summed E-state index contributed by atoms with van der Waals surface area (Å²) in [7, 11) is 0. The molecular weight excluding hydrogens is 160 g/mol. The van der Waals surface area contributed by atoms with Crippen molar-refractivity contribution in [2.24, 2.45) is 11.8 Å². The van der Waals surface area contributed by atoms with Gasteiger partial charge < -0.3 is 5.32 Å². The quantitative estimate of drug-likeness (QED) is 0.699. The van der Waals surface area contributed by atoms with E-state index in [0.717, 1.165) is 17.9 Å². The Morgan fingerprint density at radius 1 is 0.923 bits per heavy atom. The van der Waals surface area contributed by atoms with E-state index < -0.39 is 0 Å². The van der Waals surface area contributed by atoms with E-state index in [2.05, 4.69) is 10.2 Å². The summed E-state index contributed by atoms with van der Waals surface area (Å²) in [6.07, 6.45) is 6.08. The van der Waals surface area contributed by atoms with Gasteiger partial charge in [0.2, 0.25) is 0 Å². The molecule has 2 heteroatoms. The first-order valence-corrected chi connectivity index (χ1v) is 5.90. The Morgan fingerprint density at radius 3 is 1.92 bits per heavy atom. The van der Waals surface area contributed by atoms with Crippen LogP contribution in [0.2, 0.25) is 0 Å². The number of rotatable bonds is 3. The Bertz CT molecular complexity index is 167. The summed E-state index contributed by atoms with van der Waals surface area (Å²) in [6, 6.07) is 0.988. The molecule has 0 amide bonds. The average molecular weight is 180 g/mol. The molecule has 3 fully saturated rings. The van der Waals surface area contributed by atoms with E-state index in [1.54, 1.807) is 0 Å². The van der Waals surface area contributed by atoms with Crippen molar-refractivity contribution in [3.05, 3.63) is 0 Å². The largest absolute Gasteiger partial charge is 0.314 e. The standard InChI is InChI=1S/C11H20N2/c1-2-9(1)11(10-3-4-10)13-7-5-12-6-8-13/h9-12H,1-8H2. The van der Waals surface area contributed by atoms with Crippen LogP contribution in [0.3, 0.4) is 0 Å². The van der Waals surface area contributed by atoms with Crippen molar-refractivity contribution in [3.63, 3.8) is 0 Å². The Labute approximate surface area is 80.7 Å². The van der Waals surface area contributed by atoms with E-state index in [-0.39, 0.29) is 0 Å². The zero-order valence-corrected chi connectivity index (χ0v) is 8.34. The van der Waals surface area contributed by atoms with Gasteiger partial charge in [-0.2, -0.15) is 0 Å². The second kappa shape index (κ2) is 3.25. The van der Waals surface area contributed by atoms with Crippen molar-refractivity contribution < 1.29 is 0 Å². The van der Waals surface area contributed by atoms with Crippen LogP contribution in [0.4, 0.5) is 0 Å². The van der Waals surface area contributed by atoms with Gasteiger partial charge in [0.25, 0.3) is 0 Å². The highest BCUT2D eigenvalue weighted by Crippen LogP contribution is 2.47. The number of hydrogen-bond acceptors (Lipinski definition) is 2. The van der Waals surface area contributed by atoms with Gasteiger partial charge >= 0.3 is 0 Å². The summed E-state index contributed by atoms with van der Waals surface area (Å²) < 4.78 is 0. The van der Waals surface area contributed by atoms with E-state index in [1.165, 1.54) is 51.9 Å². The van der Waals surface area contributed by atoms with Crippen LogP contribution in [0.25, 0.3) is 0 Å². The third-order valence-electron chi connectivity index (χ3n) is 3.78. The van der Waals surface area contributed by atoms with Crippen molar-refractivity contribution >= 4 is 0 Å². The summed E-state index contributed by atoms with van der Waals surface area (Å²) in [4.78, 5) is 2.77. The minimum absolute atomic E-state index is 0.988. The van der Waals surface area contributed by atoms with Crippen LogP contribution >= 0.6 is 0 Å². The summed E-state index contributed by atoms with van der Waals surface area (Å²) in [5.74, 6) is 2.18. The molecule has 2 saturated carbocycles. The molecule has 2 nitrogen and oxygen atoms in total. The fourth-order valence-corrected chi connectivity index (χ4v) is 2.84. The molecule has 0 bridgehead atoms. The van der Waals surface area contributed by atoms with Crippen LogP contribution in [0.15, 0.2) is 0 Å². The SMILES string of the molecule is C1CN(C(C2CC2)C2CC2)CCN1. The molecule has 1 heterocycles. The van der Waals surface area contributed by atoms with Crippen molar-refractivity contribution in [2.75, 3.05) is 26.2 Å². The molecule has 0 unspecified atom stereocenters. The van der Waals surface area contributed by atoms with Crippen LogP contribution < -0.4 is 5.32 Å². The molecule has 13 heavy (non-hydrogen) atoms. The molecule has 74 valence electrons. The van der Waals surface area contributed by atoms with Gasteiger partial charge in [0.15, 0.2) is 0 Å². The van der Waals surface area contributed by atoms with Crippen molar-refractivity contribution in [2.45, 2.75) is 31.7 Å². The Balaban J connectivity index is 1.64. The molecule has 1 N–H and O–H groups in total. The lowest BCUT2D eigenvalue weighted by Gasteiger charge is -2.35. The van der Waals surface area contributed by atoms with Crippen molar-refractivity contribution in [3.8, 4) is 0 Å². The number of hydrogen-bond donors (Lipinski definition) is 1. The van der Waals surface area contributed by atoms with Gasteiger partial charge in [-0.1, -0.05) is 0 Å². The minimum atomic E-state index is 0.988. The fourth-order valence-electron chi connectivity index (χ4n) is 2.84. The highest BCUT2D eigenvalue weighted by atomic mass is 15.2. The summed E-state index contributed by atoms with van der Waals surface area (Å²) in [5.41, 5.74) is 0. The molecule has 2 aliphatic carbocycles.